The molecule has 4 N–H and O–H groups in total. The van der Waals surface area contributed by atoms with E-state index in [9.17, 15) is 20.4 Å². The van der Waals surface area contributed by atoms with Gasteiger partial charge in [0.2, 0.25) is 0 Å². The Balaban J connectivity index is 0.645. The summed E-state index contributed by atoms with van der Waals surface area (Å²) in [5, 5.41) is 44.0. The van der Waals surface area contributed by atoms with E-state index in [0.717, 1.165) is 89.9 Å². The summed E-state index contributed by atoms with van der Waals surface area (Å²) in [6.45, 7) is 9.23. The van der Waals surface area contributed by atoms with Crippen molar-refractivity contribution in [3.63, 3.8) is 0 Å². The minimum atomic E-state index is -0.617. The van der Waals surface area contributed by atoms with E-state index in [1.165, 1.54) is 35.1 Å². The fourth-order valence-electron chi connectivity index (χ4n) is 13.9. The number of hydrogen-bond acceptors (Lipinski definition) is 8. The number of benzene rings is 2. The number of hydrogen-bond donors (Lipinski definition) is 4. The Kier molecular flexibility index (Phi) is 12.2. The number of ether oxygens (including phenoxy) is 4. The summed E-state index contributed by atoms with van der Waals surface area (Å²) in [6.07, 6.45) is 16.1. The molecular formula is C48H70O8. The Morgan fingerprint density at radius 2 is 0.911 bits per heavy atom. The van der Waals surface area contributed by atoms with Gasteiger partial charge in [-0.2, -0.15) is 0 Å². The zero-order chi connectivity index (χ0) is 39.0. The Morgan fingerprint density at radius 1 is 0.518 bits per heavy atom. The lowest BCUT2D eigenvalue weighted by Crippen LogP contribution is -2.50. The highest BCUT2D eigenvalue weighted by atomic mass is 16.6. The zero-order valence-corrected chi connectivity index (χ0v) is 34.3. The van der Waals surface area contributed by atoms with Gasteiger partial charge in [-0.1, -0.05) is 26.0 Å². The molecule has 8 rings (SSSR count). The first-order valence-electron chi connectivity index (χ1n) is 22.4. The highest BCUT2D eigenvalue weighted by molar-refractivity contribution is 5.41. The summed E-state index contributed by atoms with van der Waals surface area (Å²) in [5.41, 5.74) is 4.23. The Bertz CT molecular complexity index is 1530. The third kappa shape index (κ3) is 7.58. The molecule has 4 fully saturated rings. The Hall–Kier alpha value is -2.20. The molecule has 0 heterocycles. The molecule has 6 aliphatic carbocycles. The quantitative estimate of drug-likeness (QED) is 0.118. The molecule has 4 saturated carbocycles. The second-order valence-electron chi connectivity index (χ2n) is 19.3. The van der Waals surface area contributed by atoms with E-state index >= 15 is 0 Å². The molecule has 56 heavy (non-hydrogen) atoms. The van der Waals surface area contributed by atoms with Crippen molar-refractivity contribution in [3.8, 4) is 11.5 Å². The van der Waals surface area contributed by atoms with Gasteiger partial charge in [0.1, 0.15) is 11.5 Å². The lowest BCUT2D eigenvalue weighted by molar-refractivity contribution is -0.111. The van der Waals surface area contributed by atoms with E-state index in [1.54, 1.807) is 0 Å². The molecule has 310 valence electrons. The average molecular weight is 775 g/mol. The maximum absolute atomic E-state index is 12.0. The Morgan fingerprint density at radius 3 is 1.32 bits per heavy atom. The second kappa shape index (κ2) is 16.8. The molecule has 8 heteroatoms. The largest absolute Gasteiger partial charge is 0.508 e. The van der Waals surface area contributed by atoms with Gasteiger partial charge in [-0.05, 0) is 196 Å². The predicted octanol–water partition coefficient (Wildman–Crippen LogP) is 8.60. The fourth-order valence-corrected chi connectivity index (χ4v) is 13.9. The molecule has 2 aromatic carbocycles. The molecule has 3 unspecified atom stereocenters. The minimum Gasteiger partial charge on any atom is -0.508 e. The molecule has 0 bridgehead atoms. The monoisotopic (exact) mass is 775 g/mol. The van der Waals surface area contributed by atoms with Gasteiger partial charge in [0.15, 0.2) is 0 Å². The molecule has 10 atom stereocenters. The highest BCUT2D eigenvalue weighted by Gasteiger charge is 2.62. The number of rotatable bonds is 17. The molecule has 0 amide bonds. The van der Waals surface area contributed by atoms with Crippen LogP contribution in [0.15, 0.2) is 36.4 Å². The lowest BCUT2D eigenvalue weighted by atomic mass is 9.53. The van der Waals surface area contributed by atoms with Gasteiger partial charge in [-0.25, -0.2) is 0 Å². The van der Waals surface area contributed by atoms with Crippen molar-refractivity contribution in [1.29, 1.82) is 0 Å². The van der Waals surface area contributed by atoms with E-state index in [4.69, 9.17) is 18.9 Å². The summed E-state index contributed by atoms with van der Waals surface area (Å²) in [4.78, 5) is 0. The maximum atomic E-state index is 12.0. The second-order valence-corrected chi connectivity index (χ2v) is 19.3. The van der Waals surface area contributed by atoms with Crippen molar-refractivity contribution in [3.05, 3.63) is 58.7 Å². The number of phenolic OH excluding ortho intramolecular Hbond substituents is 2. The van der Waals surface area contributed by atoms with E-state index in [-0.39, 0.29) is 10.8 Å². The van der Waals surface area contributed by atoms with Crippen LogP contribution in [0.25, 0.3) is 0 Å². The van der Waals surface area contributed by atoms with E-state index < -0.39 is 11.2 Å². The number of aliphatic hydroxyl groups is 2. The molecule has 0 spiro atoms. The molecule has 0 radical (unpaired) electrons. The van der Waals surface area contributed by atoms with Crippen LogP contribution in [0.2, 0.25) is 0 Å². The smallest absolute Gasteiger partial charge is 0.115 e. The van der Waals surface area contributed by atoms with Gasteiger partial charge in [-0.15, -0.1) is 0 Å². The van der Waals surface area contributed by atoms with Crippen molar-refractivity contribution in [2.24, 2.45) is 34.5 Å². The minimum absolute atomic E-state index is 0.0338. The average Bonchev–Trinajstić information content (AvgIpc) is 3.62. The van der Waals surface area contributed by atoms with Gasteiger partial charge >= 0.3 is 0 Å². The van der Waals surface area contributed by atoms with E-state index in [1.807, 2.05) is 24.3 Å². The molecular weight excluding hydrogens is 705 g/mol. The number of fused-ring (bicyclic) bond motifs is 10. The van der Waals surface area contributed by atoms with Crippen LogP contribution >= 0.6 is 0 Å². The normalized spacial score (nSPS) is 36.9. The van der Waals surface area contributed by atoms with Crippen LogP contribution < -0.4 is 0 Å². The summed E-state index contributed by atoms with van der Waals surface area (Å²) in [7, 11) is 0. The number of phenols is 2. The first-order chi connectivity index (χ1) is 27.1. The van der Waals surface area contributed by atoms with Gasteiger partial charge in [0, 0.05) is 13.2 Å². The summed E-state index contributed by atoms with van der Waals surface area (Å²) < 4.78 is 23.3. The standard InChI is InChI=1S/C48H70O8/c1-45-19-13-39-37-11-7-35(49)31-33(37)5-9-41(39)43(45)15-21-47(45,51)17-3-23-53-25-27-55-29-30-56-28-26-54-24-4-18-48(52)22-16-44-42-10-6-34-32-36(50)8-12-38(34)40(42)14-20-46(44,48)2/h7-8,11-12,31-32,39-44,49-52H,3-6,9-10,13-30H2,1-2H3/t39-,40?,41-,42?,43+,44?,45+,46+,47+,48+/m1/s1. The van der Waals surface area contributed by atoms with Crippen LogP contribution in [0.3, 0.4) is 0 Å². The highest BCUT2D eigenvalue weighted by Crippen LogP contribution is 2.66. The SMILES string of the molecule is C[C@]12CCC3c4ccc(O)cc4CCC3C1CC[C@@]2(O)CCCOCCOCCOCCOCCC[C@]1(O)CC[C@H]2[C@@H]3CCc4cc(O)ccc4[C@H]3CC[C@@]21C. The van der Waals surface area contributed by atoms with Crippen LogP contribution in [0.5, 0.6) is 11.5 Å². The van der Waals surface area contributed by atoms with Gasteiger partial charge < -0.3 is 39.4 Å². The van der Waals surface area contributed by atoms with Crippen LogP contribution in [-0.4, -0.2) is 84.5 Å². The maximum Gasteiger partial charge on any atom is 0.115 e. The first-order valence-corrected chi connectivity index (χ1v) is 22.4. The van der Waals surface area contributed by atoms with Gasteiger partial charge in [0.25, 0.3) is 0 Å². The van der Waals surface area contributed by atoms with Crippen molar-refractivity contribution in [2.45, 2.75) is 140 Å². The summed E-state index contributed by atoms with van der Waals surface area (Å²) in [6, 6.07) is 12.0. The lowest BCUT2D eigenvalue weighted by Gasteiger charge is -2.53. The molecule has 0 saturated heterocycles. The molecule has 8 nitrogen and oxygen atoms in total. The number of aryl methyl sites for hydroxylation is 2. The molecule has 0 aliphatic heterocycles. The topological polar surface area (TPSA) is 118 Å². The van der Waals surface area contributed by atoms with Crippen molar-refractivity contribution < 1.29 is 39.4 Å². The van der Waals surface area contributed by atoms with Crippen molar-refractivity contribution >= 4 is 0 Å². The van der Waals surface area contributed by atoms with Crippen LogP contribution in [0.1, 0.15) is 138 Å². The van der Waals surface area contributed by atoms with Crippen molar-refractivity contribution in [1.82, 2.24) is 0 Å². The molecule has 0 aromatic heterocycles. The van der Waals surface area contributed by atoms with Crippen molar-refractivity contribution in [2.75, 3.05) is 52.9 Å². The third-order valence-electron chi connectivity index (χ3n) is 16.9. The van der Waals surface area contributed by atoms with Gasteiger partial charge in [0.05, 0.1) is 50.8 Å². The third-order valence-corrected chi connectivity index (χ3v) is 16.9. The molecule has 6 aliphatic rings. The number of aromatic hydroxyl groups is 2. The van der Waals surface area contributed by atoms with Crippen LogP contribution in [-0.2, 0) is 31.8 Å². The van der Waals surface area contributed by atoms with E-state index in [2.05, 4.69) is 26.0 Å². The predicted molar refractivity (Wildman–Crippen MR) is 217 cm³/mol. The Labute approximate surface area is 335 Å². The fraction of sp³-hybridized carbons (Fsp3) is 0.750. The summed E-state index contributed by atoms with van der Waals surface area (Å²) >= 11 is 0. The summed E-state index contributed by atoms with van der Waals surface area (Å²) in [5.74, 6) is 4.26. The van der Waals surface area contributed by atoms with Crippen LogP contribution in [0.4, 0.5) is 0 Å². The van der Waals surface area contributed by atoms with Crippen LogP contribution in [0, 0.1) is 34.5 Å². The first kappa shape index (κ1) is 40.6. The van der Waals surface area contributed by atoms with Gasteiger partial charge in [-0.3, -0.25) is 0 Å². The molecule has 2 aromatic rings. The zero-order valence-electron chi connectivity index (χ0n) is 34.3. The van der Waals surface area contributed by atoms with E-state index in [0.29, 0.717) is 99.9 Å².